The fraction of sp³-hybridized carbons (Fsp3) is 0.553. The van der Waals surface area contributed by atoms with E-state index in [1.54, 1.807) is 31.2 Å². The van der Waals surface area contributed by atoms with E-state index in [1.807, 2.05) is 43.3 Å². The maximum atomic E-state index is 12.1. The number of benzene rings is 4. The van der Waals surface area contributed by atoms with Crippen LogP contribution in [0.1, 0.15) is 32.6 Å². The van der Waals surface area contributed by atoms with Gasteiger partial charge in [-0.1, -0.05) is 47.5 Å². The van der Waals surface area contributed by atoms with Crippen molar-refractivity contribution in [3.8, 4) is 22.5 Å². The number of fused-ring (bicyclic) bond motifs is 2. The Morgan fingerprint density at radius 1 is 0.441 bits per heavy atom. The van der Waals surface area contributed by atoms with Gasteiger partial charge in [0.05, 0.1) is 141 Å². The highest BCUT2D eigenvalue weighted by atomic mass is 35.5. The second kappa shape index (κ2) is 52.8. The van der Waals surface area contributed by atoms with E-state index in [9.17, 15) is 19.2 Å². The van der Waals surface area contributed by atoms with Crippen LogP contribution in [0.4, 0.5) is 32.9 Å². The van der Waals surface area contributed by atoms with Gasteiger partial charge in [-0.05, 0) is 87.5 Å². The van der Waals surface area contributed by atoms with Gasteiger partial charge in [-0.15, -0.1) is 0 Å². The van der Waals surface area contributed by atoms with E-state index < -0.39 is 0 Å². The molecule has 0 unspecified atom stereocenters. The molecule has 6 aromatic rings. The first-order valence-corrected chi connectivity index (χ1v) is 38.5. The first-order chi connectivity index (χ1) is 54.0. The molecule has 8 rings (SSSR count). The average molecular weight is 1590 g/mol. The Bertz CT molecular complexity index is 3760. The first kappa shape index (κ1) is 89.8. The number of ketones is 2. The number of aromatic nitrogens is 4. The summed E-state index contributed by atoms with van der Waals surface area (Å²) in [5.41, 5.74) is 29.3. The molecule has 2 saturated heterocycles. The van der Waals surface area contributed by atoms with E-state index in [0.29, 0.717) is 210 Å². The van der Waals surface area contributed by atoms with E-state index in [4.69, 9.17) is 93.5 Å². The molecule has 4 aromatic carbocycles. The van der Waals surface area contributed by atoms with Crippen molar-refractivity contribution in [3.63, 3.8) is 0 Å². The first-order valence-electron chi connectivity index (χ1n) is 37.8. The number of piperazine rings is 2. The summed E-state index contributed by atoms with van der Waals surface area (Å²) in [4.78, 5) is 85.1. The molecule has 4 heterocycles. The Kier molecular flexibility index (Phi) is 42.7. The zero-order valence-corrected chi connectivity index (χ0v) is 65.9. The molecule has 2 aliphatic heterocycles. The highest BCUT2D eigenvalue weighted by molar-refractivity contribution is 6.32. The van der Waals surface area contributed by atoms with Crippen LogP contribution in [-0.2, 0) is 57.0 Å². The van der Waals surface area contributed by atoms with Crippen LogP contribution < -0.4 is 54.0 Å². The highest BCUT2D eigenvalue weighted by Gasteiger charge is 2.21. The lowest BCUT2D eigenvalue weighted by molar-refractivity contribution is -0.122. The van der Waals surface area contributed by atoms with E-state index in [2.05, 4.69) is 107 Å². The number of likely N-dealkylation sites (N-methyl/N-ethyl adjacent to an activating group) is 1. The molecule has 0 bridgehead atoms. The molecule has 0 spiro atoms. The van der Waals surface area contributed by atoms with E-state index in [-0.39, 0.29) is 60.5 Å². The average Bonchev–Trinajstić information content (AvgIpc) is 0.789. The number of urea groups is 2. The molecule has 610 valence electrons. The number of hydrogen-bond donors (Lipinski definition) is 8. The SMILES string of the molecule is CCOCCNC(=O)NCCOCCOCCOCCN1CCN(c2ccc(-c3nc(N=C(N)N)nc4ccc(Cl)cc34)cc2)CC1.COCCCC(=O)CN(C)CC(=O)CCCOCCOCCNC(=O)NCCOCCOCCOCCN1CCN(c2ccc(-c3nc(N=C(N)N)nc4ccc(Cl)cc34)cc2)CC1. The maximum Gasteiger partial charge on any atom is 0.314 e. The second-order valence-corrected chi connectivity index (χ2v) is 26.7. The Morgan fingerprint density at radius 3 is 1.14 bits per heavy atom. The van der Waals surface area contributed by atoms with E-state index in [0.717, 1.165) is 98.7 Å². The van der Waals surface area contributed by atoms with E-state index in [1.165, 1.54) is 0 Å². The minimum atomic E-state index is -0.295. The topological polar surface area (TPSA) is 405 Å². The van der Waals surface area contributed by atoms with Gasteiger partial charge in [0.15, 0.2) is 11.9 Å². The smallest absolute Gasteiger partial charge is 0.314 e. The molecule has 0 radical (unpaired) electrons. The molecule has 35 heteroatoms. The summed E-state index contributed by atoms with van der Waals surface area (Å²) in [7, 11) is 3.38. The van der Waals surface area contributed by atoms with Gasteiger partial charge in [-0.25, -0.2) is 29.5 Å². The van der Waals surface area contributed by atoms with Crippen LogP contribution in [0.5, 0.6) is 0 Å². The zero-order valence-electron chi connectivity index (χ0n) is 64.4. The standard InChI is InChI=1S/C44H67ClN10O9.C32H46ClN9O5/c1-53(32-37(56)5-3-20-59-2)33-38(57)6-4-21-60-25-26-61-22-13-48-44(58)49-14-23-62-27-29-64-30-28-63-24-19-54-15-17-55(18-16-54)36-10-7-34(8-11-36)41-39-31-35(45)9-12-40(39)50-43(51-41)52-42(46)47;1-2-44-16-9-36-32(43)37-10-17-45-19-21-47-22-20-46-18-15-41-11-13-42(14-12-41)26-6-3-24(4-7-26)29-27-23-25(33)5-8-28(27)38-31(39-29)40-30(34)35/h7-12,31H,3-6,13-30,32-33H2,1-2H3,(H2,48,49,58)(H4,46,47,50,51,52);3-8,23H,2,9-22H2,1H3,(H2,36,37,43)(H4,34,35,38,39,40). The third-order valence-corrected chi connectivity index (χ3v) is 17.7. The second-order valence-electron chi connectivity index (χ2n) is 25.8. The number of aliphatic imine (C=N–C) groups is 2. The van der Waals surface area contributed by atoms with Crippen LogP contribution in [0.3, 0.4) is 0 Å². The van der Waals surface area contributed by atoms with Gasteiger partial charge in [0.2, 0.25) is 0 Å². The van der Waals surface area contributed by atoms with Crippen LogP contribution in [0.15, 0.2) is 94.9 Å². The van der Waals surface area contributed by atoms with Gasteiger partial charge in [0.25, 0.3) is 11.9 Å². The van der Waals surface area contributed by atoms with Crippen molar-refractivity contribution in [2.45, 2.75) is 32.6 Å². The molecule has 2 aliphatic rings. The molecule has 2 fully saturated rings. The number of carbonyl (C=O) groups excluding carboxylic acids is 4. The van der Waals surface area contributed by atoms with Gasteiger partial charge in [-0.3, -0.25) is 24.3 Å². The minimum absolute atomic E-state index is 0.0787. The number of guanidine groups is 2. The van der Waals surface area contributed by atoms with Crippen LogP contribution in [-0.4, -0.2) is 315 Å². The number of carbonyl (C=O) groups is 4. The number of Topliss-reactive ketones (excluding diaryl/α,β-unsaturated/α-hetero) is 2. The molecule has 0 saturated carbocycles. The fourth-order valence-corrected chi connectivity index (χ4v) is 12.0. The quantitative estimate of drug-likeness (QED) is 0.0141. The van der Waals surface area contributed by atoms with Crippen LogP contribution in [0.25, 0.3) is 44.3 Å². The van der Waals surface area contributed by atoms with Crippen molar-refractivity contribution in [3.05, 3.63) is 95.0 Å². The molecular weight excluding hydrogens is 1470 g/mol. The van der Waals surface area contributed by atoms with Crippen LogP contribution in [0, 0.1) is 0 Å². The Hall–Kier alpha value is -8.36. The number of rotatable bonds is 52. The van der Waals surface area contributed by atoms with Crippen LogP contribution >= 0.6 is 23.2 Å². The third-order valence-electron chi connectivity index (χ3n) is 17.2. The normalized spacial score (nSPS) is 13.3. The molecule has 0 aliphatic carbocycles. The number of hydrogen-bond acceptors (Lipinski definition) is 25. The number of halogens is 2. The number of methoxy groups -OCH3 is 1. The lowest BCUT2D eigenvalue weighted by Gasteiger charge is -2.36. The lowest BCUT2D eigenvalue weighted by Crippen LogP contribution is -2.47. The number of nitrogens with two attached hydrogens (primary N) is 4. The molecule has 12 N–H and O–H groups in total. The van der Waals surface area contributed by atoms with Gasteiger partial charge < -0.3 is 101 Å². The van der Waals surface area contributed by atoms with Crippen LogP contribution in [0.2, 0.25) is 10.0 Å². The van der Waals surface area contributed by atoms with Crippen molar-refractivity contribution >= 4 is 104 Å². The Balaban J connectivity index is 0.000000323. The number of amides is 4. The fourth-order valence-electron chi connectivity index (χ4n) is 11.7. The Morgan fingerprint density at radius 2 is 0.784 bits per heavy atom. The van der Waals surface area contributed by atoms with Crippen molar-refractivity contribution in [1.82, 2.24) is 55.9 Å². The monoisotopic (exact) mass is 1590 g/mol. The molecule has 4 amide bonds. The molecule has 111 heavy (non-hydrogen) atoms. The molecule has 0 atom stereocenters. The van der Waals surface area contributed by atoms with Gasteiger partial charge >= 0.3 is 12.1 Å². The Labute approximate surface area is 660 Å². The minimum Gasteiger partial charge on any atom is -0.385 e. The third kappa shape index (κ3) is 35.9. The van der Waals surface area contributed by atoms with E-state index >= 15 is 0 Å². The van der Waals surface area contributed by atoms with Gasteiger partial charge in [-0.2, -0.15) is 9.98 Å². The number of nitrogens with zero attached hydrogens (tertiary/aromatic N) is 11. The lowest BCUT2D eigenvalue weighted by atomic mass is 10.1. The van der Waals surface area contributed by atoms with Gasteiger partial charge in [0.1, 0.15) is 11.6 Å². The largest absolute Gasteiger partial charge is 0.385 e. The van der Waals surface area contributed by atoms with Crippen molar-refractivity contribution in [1.29, 1.82) is 0 Å². The number of ether oxygens (including phenoxy) is 10. The maximum absolute atomic E-state index is 12.1. The zero-order chi connectivity index (χ0) is 79.1. The number of nitrogens with one attached hydrogen (secondary N) is 4. The number of anilines is 2. The summed E-state index contributed by atoms with van der Waals surface area (Å²) in [6.07, 6.45) is 2.15. The summed E-state index contributed by atoms with van der Waals surface area (Å²) < 4.78 is 54.9. The van der Waals surface area contributed by atoms with Gasteiger partial charge in [0, 0.05) is 175 Å². The predicted molar refractivity (Wildman–Crippen MR) is 432 cm³/mol. The summed E-state index contributed by atoms with van der Waals surface area (Å²) >= 11 is 12.6. The molecule has 33 nitrogen and oxygen atoms in total. The van der Waals surface area contributed by atoms with Crippen molar-refractivity contribution in [2.75, 3.05) is 254 Å². The molecular formula is C76H113Cl2N19O14. The molecule has 2 aromatic heterocycles. The predicted octanol–water partition coefficient (Wildman–Crippen LogP) is 5.00. The van der Waals surface area contributed by atoms with Crippen molar-refractivity contribution < 1.29 is 66.5 Å². The summed E-state index contributed by atoms with van der Waals surface area (Å²) in [5, 5.41) is 13.7. The summed E-state index contributed by atoms with van der Waals surface area (Å²) in [6, 6.07) is 27.0. The summed E-state index contributed by atoms with van der Waals surface area (Å²) in [5.74, 6) is 0.372. The van der Waals surface area contributed by atoms with Crippen molar-refractivity contribution in [2.24, 2.45) is 32.9 Å². The summed E-state index contributed by atoms with van der Waals surface area (Å²) in [6.45, 7) is 22.5. The highest BCUT2D eigenvalue weighted by Crippen LogP contribution is 2.34.